The molecular formula is C22H25N3O6. The first-order valence-electron chi connectivity index (χ1n) is 10.3. The molecule has 0 radical (unpaired) electrons. The summed E-state index contributed by atoms with van der Waals surface area (Å²) in [6, 6.07) is 4.41. The maximum Gasteiger partial charge on any atom is 0.325 e. The number of amides is 1. The number of hydrogen-bond acceptors (Lipinski definition) is 5. The van der Waals surface area contributed by atoms with Gasteiger partial charge in [0.15, 0.2) is 0 Å². The van der Waals surface area contributed by atoms with E-state index < -0.39 is 29.8 Å². The number of carboxylic acid groups (broad SMARTS) is 2. The zero-order valence-corrected chi connectivity index (χ0v) is 16.9. The smallest absolute Gasteiger partial charge is 0.325 e. The lowest BCUT2D eigenvalue weighted by Crippen LogP contribution is -2.42. The van der Waals surface area contributed by atoms with E-state index in [9.17, 15) is 24.6 Å². The predicted octanol–water partition coefficient (Wildman–Crippen LogP) is 2.23. The lowest BCUT2D eigenvalue weighted by atomic mass is 9.82. The molecule has 164 valence electrons. The van der Waals surface area contributed by atoms with Gasteiger partial charge in [-0.15, -0.1) is 0 Å². The predicted molar refractivity (Wildman–Crippen MR) is 113 cm³/mol. The summed E-state index contributed by atoms with van der Waals surface area (Å²) in [6.07, 6.45) is 6.01. The first kappa shape index (κ1) is 21.1. The number of aromatic amines is 1. The Hall–Kier alpha value is -3.17. The summed E-state index contributed by atoms with van der Waals surface area (Å²) in [5, 5.41) is 22.8. The van der Waals surface area contributed by atoms with E-state index in [1.807, 2.05) is 11.0 Å². The number of carbonyl (C=O) groups excluding carboxylic acids is 1. The quantitative estimate of drug-likeness (QED) is 0.520. The summed E-state index contributed by atoms with van der Waals surface area (Å²) >= 11 is 0. The zero-order chi connectivity index (χ0) is 22.0. The normalized spacial score (nSPS) is 22.8. The largest absolute Gasteiger partial charge is 0.481 e. The molecule has 1 aliphatic carbocycles. The number of rotatable bonds is 6. The highest BCUT2D eigenvalue weighted by atomic mass is 16.5. The van der Waals surface area contributed by atoms with Gasteiger partial charge in [0.1, 0.15) is 6.04 Å². The molecule has 1 aromatic carbocycles. The van der Waals surface area contributed by atoms with Gasteiger partial charge in [-0.25, -0.2) is 0 Å². The highest BCUT2D eigenvalue weighted by molar-refractivity contribution is 5.98. The van der Waals surface area contributed by atoms with Gasteiger partial charge in [0.05, 0.1) is 25.0 Å². The highest BCUT2D eigenvalue weighted by Crippen LogP contribution is 2.32. The standard InChI is InChI=1S/C22H25N3O6/c26-20(14-3-1-2-4-15(14)21(27)28)24-13-5-6-18-16(11-13)17(12-23-18)19(22(29)30)25-7-9-31-10-8-25/h1-2,5-6,11-12,14-15,19,23H,3-4,7-10H2,(H,24,26)(H,27,28)(H,29,30). The van der Waals surface area contributed by atoms with Gasteiger partial charge in [-0.3, -0.25) is 19.3 Å². The maximum atomic E-state index is 12.8. The molecule has 0 bridgehead atoms. The molecule has 2 aromatic rings. The van der Waals surface area contributed by atoms with Crippen LogP contribution in [0.1, 0.15) is 24.4 Å². The van der Waals surface area contributed by atoms with E-state index in [4.69, 9.17) is 4.74 Å². The second-order valence-electron chi connectivity index (χ2n) is 7.88. The number of benzene rings is 1. The van der Waals surface area contributed by atoms with E-state index in [-0.39, 0.29) is 5.91 Å². The van der Waals surface area contributed by atoms with Crippen LogP contribution >= 0.6 is 0 Å². The molecule has 1 saturated heterocycles. The molecule has 31 heavy (non-hydrogen) atoms. The fourth-order valence-electron chi connectivity index (χ4n) is 4.38. The van der Waals surface area contributed by atoms with Crippen molar-refractivity contribution in [1.82, 2.24) is 9.88 Å². The average molecular weight is 427 g/mol. The summed E-state index contributed by atoms with van der Waals surface area (Å²) < 4.78 is 5.34. The van der Waals surface area contributed by atoms with Gasteiger partial charge in [-0.05, 0) is 31.0 Å². The number of ether oxygens (including phenoxy) is 1. The van der Waals surface area contributed by atoms with Crippen LogP contribution < -0.4 is 5.32 Å². The van der Waals surface area contributed by atoms with Crippen LogP contribution in [0.15, 0.2) is 36.5 Å². The van der Waals surface area contributed by atoms with Crippen LogP contribution in [0.4, 0.5) is 5.69 Å². The van der Waals surface area contributed by atoms with Crippen LogP contribution in [-0.2, 0) is 19.1 Å². The molecule has 2 heterocycles. The molecule has 9 heteroatoms. The minimum absolute atomic E-state index is 0.328. The maximum absolute atomic E-state index is 12.8. The van der Waals surface area contributed by atoms with Crippen molar-refractivity contribution in [2.24, 2.45) is 11.8 Å². The van der Waals surface area contributed by atoms with Gasteiger partial charge in [0.25, 0.3) is 0 Å². The number of fused-ring (bicyclic) bond motifs is 1. The third kappa shape index (κ3) is 4.33. The molecule has 9 nitrogen and oxygen atoms in total. The number of H-pyrrole nitrogens is 1. The third-order valence-electron chi connectivity index (χ3n) is 6.01. The lowest BCUT2D eigenvalue weighted by Gasteiger charge is -2.31. The average Bonchev–Trinajstić information content (AvgIpc) is 3.17. The summed E-state index contributed by atoms with van der Waals surface area (Å²) in [5.41, 5.74) is 1.88. The van der Waals surface area contributed by atoms with Crippen molar-refractivity contribution < 1.29 is 29.3 Å². The Bertz CT molecular complexity index is 1020. The van der Waals surface area contributed by atoms with E-state index in [0.29, 0.717) is 55.8 Å². The van der Waals surface area contributed by atoms with Crippen LogP contribution in [0.5, 0.6) is 0 Å². The Kier molecular flexibility index (Phi) is 6.06. The van der Waals surface area contributed by atoms with Crippen molar-refractivity contribution in [3.05, 3.63) is 42.1 Å². The number of nitrogens with one attached hydrogen (secondary N) is 2. The van der Waals surface area contributed by atoms with E-state index in [1.165, 1.54) is 0 Å². The number of morpholine rings is 1. The summed E-state index contributed by atoms with van der Waals surface area (Å²) in [4.78, 5) is 41.4. The molecule has 1 amide bonds. The van der Waals surface area contributed by atoms with Gasteiger partial charge in [0.2, 0.25) is 5.91 Å². The van der Waals surface area contributed by atoms with E-state index in [1.54, 1.807) is 30.5 Å². The number of carboxylic acids is 2. The molecular weight excluding hydrogens is 402 g/mol. The molecule has 0 spiro atoms. The topological polar surface area (TPSA) is 132 Å². The van der Waals surface area contributed by atoms with Crippen LogP contribution in [0.2, 0.25) is 0 Å². The Morgan fingerprint density at radius 2 is 1.81 bits per heavy atom. The van der Waals surface area contributed by atoms with Crippen molar-refractivity contribution in [3.8, 4) is 0 Å². The fourth-order valence-corrected chi connectivity index (χ4v) is 4.38. The molecule has 2 aliphatic rings. The van der Waals surface area contributed by atoms with Crippen molar-refractivity contribution in [2.45, 2.75) is 18.9 Å². The first-order chi connectivity index (χ1) is 15.0. The Labute approximate surface area is 178 Å². The molecule has 0 saturated carbocycles. The second-order valence-corrected chi connectivity index (χ2v) is 7.88. The number of carbonyl (C=O) groups is 3. The van der Waals surface area contributed by atoms with Crippen LogP contribution in [0.3, 0.4) is 0 Å². The number of hydrogen-bond donors (Lipinski definition) is 4. The molecule has 1 fully saturated rings. The minimum Gasteiger partial charge on any atom is -0.481 e. The third-order valence-corrected chi connectivity index (χ3v) is 6.01. The molecule has 3 unspecified atom stereocenters. The van der Waals surface area contributed by atoms with E-state index in [2.05, 4.69) is 10.3 Å². The fraction of sp³-hybridized carbons (Fsp3) is 0.409. The number of aliphatic carboxylic acids is 2. The molecule has 4 rings (SSSR count). The Balaban J connectivity index is 1.60. The van der Waals surface area contributed by atoms with E-state index >= 15 is 0 Å². The van der Waals surface area contributed by atoms with E-state index in [0.717, 1.165) is 5.52 Å². The molecule has 1 aromatic heterocycles. The Morgan fingerprint density at radius 1 is 1.10 bits per heavy atom. The summed E-state index contributed by atoms with van der Waals surface area (Å²) in [5.74, 6) is -3.69. The molecule has 4 N–H and O–H groups in total. The monoisotopic (exact) mass is 427 g/mol. The molecule has 3 atom stereocenters. The zero-order valence-electron chi connectivity index (χ0n) is 16.9. The van der Waals surface area contributed by atoms with Crippen LogP contribution in [0.25, 0.3) is 10.9 Å². The minimum atomic E-state index is -0.984. The summed E-state index contributed by atoms with van der Waals surface area (Å²) in [7, 11) is 0. The first-order valence-corrected chi connectivity index (χ1v) is 10.3. The highest BCUT2D eigenvalue weighted by Gasteiger charge is 2.34. The SMILES string of the molecule is O=C(O)C1CC=CCC1C(=O)Nc1ccc2[nH]cc(C(C(=O)O)N3CCOCC3)c2c1. The van der Waals surface area contributed by atoms with Crippen molar-refractivity contribution in [1.29, 1.82) is 0 Å². The van der Waals surface area contributed by atoms with Gasteiger partial charge < -0.3 is 25.3 Å². The number of anilines is 1. The summed E-state index contributed by atoms with van der Waals surface area (Å²) in [6.45, 7) is 2.00. The number of allylic oxidation sites excluding steroid dienone is 2. The van der Waals surface area contributed by atoms with Gasteiger partial charge in [0, 0.05) is 41.4 Å². The van der Waals surface area contributed by atoms with Crippen molar-refractivity contribution in [2.75, 3.05) is 31.6 Å². The number of aromatic nitrogens is 1. The van der Waals surface area contributed by atoms with Crippen molar-refractivity contribution >= 4 is 34.4 Å². The van der Waals surface area contributed by atoms with Crippen LogP contribution in [0, 0.1) is 11.8 Å². The van der Waals surface area contributed by atoms with Crippen molar-refractivity contribution in [3.63, 3.8) is 0 Å². The second kappa shape index (κ2) is 8.91. The Morgan fingerprint density at radius 3 is 2.48 bits per heavy atom. The number of nitrogens with zero attached hydrogens (tertiary/aromatic N) is 1. The lowest BCUT2D eigenvalue weighted by molar-refractivity contribution is -0.146. The van der Waals surface area contributed by atoms with Gasteiger partial charge in [-0.1, -0.05) is 12.2 Å². The van der Waals surface area contributed by atoms with Gasteiger partial charge in [-0.2, -0.15) is 0 Å². The molecule has 1 aliphatic heterocycles. The van der Waals surface area contributed by atoms with Crippen LogP contribution in [-0.4, -0.2) is 64.2 Å². The van der Waals surface area contributed by atoms with Gasteiger partial charge >= 0.3 is 11.9 Å².